The van der Waals surface area contributed by atoms with Crippen LogP contribution >= 0.6 is 0 Å². The molecule has 9 heteroatoms. The summed E-state index contributed by atoms with van der Waals surface area (Å²) in [6, 6.07) is 3.67. The van der Waals surface area contributed by atoms with E-state index < -0.39 is 37.5 Å². The zero-order valence-corrected chi connectivity index (χ0v) is 10.1. The molecule has 7 nitrogen and oxygen atoms in total. The number of aromatic hydroxyl groups is 1. The monoisotopic (exact) mass is 282 g/mol. The van der Waals surface area contributed by atoms with Crippen LogP contribution in [0, 0.1) is 0 Å². The van der Waals surface area contributed by atoms with Gasteiger partial charge < -0.3 is 5.11 Å². The van der Waals surface area contributed by atoms with E-state index in [0.29, 0.717) is 0 Å². The minimum Gasteiger partial charge on any atom is -0.508 e. The first-order valence-corrected chi connectivity index (χ1v) is 7.50. The lowest BCUT2D eigenvalue weighted by Gasteiger charge is -2.08. The summed E-state index contributed by atoms with van der Waals surface area (Å²) in [5, 5.41) is 9.40. The fraction of sp³-hybridized carbons (Fsp3) is 0.250. The molecule has 3 N–H and O–H groups in total. The molecule has 0 aliphatic heterocycles. The Morgan fingerprint density at radius 2 is 1.47 bits per heavy atom. The number of hydrogen-bond acceptors (Lipinski definition) is 5. The van der Waals surface area contributed by atoms with E-state index in [1.54, 1.807) is 0 Å². The summed E-state index contributed by atoms with van der Waals surface area (Å²) in [7, 11) is -8.77. The summed E-state index contributed by atoms with van der Waals surface area (Å²) >= 11 is 0. The molecular weight excluding hydrogens is 272 g/mol. The highest BCUT2D eigenvalue weighted by atomic mass is 32.2. The molecule has 0 bridgehead atoms. The predicted octanol–water partition coefficient (Wildman–Crippen LogP) is 0.168. The van der Waals surface area contributed by atoms with Crippen molar-refractivity contribution in [1.29, 1.82) is 0 Å². The van der Waals surface area contributed by atoms with Crippen molar-refractivity contribution in [3.63, 3.8) is 0 Å². The lowest BCUT2D eigenvalue weighted by atomic mass is 10.1. The van der Waals surface area contributed by atoms with Gasteiger partial charge in [-0.25, -0.2) is 0 Å². The molecule has 1 aromatic carbocycles. The van der Waals surface area contributed by atoms with Crippen LogP contribution in [0.5, 0.6) is 5.75 Å². The second-order valence-electron chi connectivity index (χ2n) is 3.37. The largest absolute Gasteiger partial charge is 0.508 e. The Kier molecular flexibility index (Phi) is 3.77. The molecule has 0 aromatic heterocycles. The van der Waals surface area contributed by atoms with Crippen molar-refractivity contribution in [3.8, 4) is 5.75 Å². The van der Waals surface area contributed by atoms with Crippen LogP contribution in [-0.4, -0.2) is 31.0 Å². The Morgan fingerprint density at radius 1 is 0.941 bits per heavy atom. The number of benzene rings is 1. The van der Waals surface area contributed by atoms with Gasteiger partial charge in [0.05, 0.1) is 0 Å². The highest BCUT2D eigenvalue weighted by Gasteiger charge is 2.18. The van der Waals surface area contributed by atoms with Crippen molar-refractivity contribution in [2.75, 3.05) is 0 Å². The van der Waals surface area contributed by atoms with Crippen LogP contribution in [0.2, 0.25) is 0 Å². The minimum atomic E-state index is -4.41. The van der Waals surface area contributed by atoms with Gasteiger partial charge in [-0.2, -0.15) is 16.8 Å². The number of rotatable bonds is 4. The molecule has 1 rings (SSSR count). The van der Waals surface area contributed by atoms with E-state index in [2.05, 4.69) is 0 Å². The lowest BCUT2D eigenvalue weighted by molar-refractivity contribution is 0.459. The van der Waals surface area contributed by atoms with E-state index in [1.165, 1.54) is 12.1 Å². The van der Waals surface area contributed by atoms with E-state index in [1.807, 2.05) is 0 Å². The van der Waals surface area contributed by atoms with Crippen molar-refractivity contribution in [3.05, 3.63) is 29.3 Å². The average molecular weight is 282 g/mol. The maximum atomic E-state index is 10.7. The van der Waals surface area contributed by atoms with E-state index >= 15 is 0 Å². The van der Waals surface area contributed by atoms with Crippen molar-refractivity contribution < 1.29 is 31.0 Å². The van der Waals surface area contributed by atoms with Crippen molar-refractivity contribution in [1.82, 2.24) is 0 Å². The summed E-state index contributed by atoms with van der Waals surface area (Å²) in [6.07, 6.45) is 0. The SMILES string of the molecule is O=S(=O)(O)Cc1cccc(O)c1CS(=O)(=O)O. The van der Waals surface area contributed by atoms with E-state index in [9.17, 15) is 21.9 Å². The van der Waals surface area contributed by atoms with E-state index in [0.717, 1.165) is 6.07 Å². The maximum Gasteiger partial charge on any atom is 0.269 e. The standard InChI is InChI=1S/C8H10O7S2/c9-8-3-1-2-6(4-16(10,11)12)7(8)5-17(13,14)15/h1-3,9H,4-5H2,(H,10,11,12)(H,13,14,15). The predicted molar refractivity (Wildman–Crippen MR) is 58.6 cm³/mol. The number of phenols is 1. The highest BCUT2D eigenvalue weighted by Crippen LogP contribution is 2.24. The van der Waals surface area contributed by atoms with Crippen LogP contribution in [0.15, 0.2) is 18.2 Å². The molecule has 0 aliphatic rings. The average Bonchev–Trinajstić information content (AvgIpc) is 2.07. The fourth-order valence-electron chi connectivity index (χ4n) is 1.30. The molecule has 0 heterocycles. The topological polar surface area (TPSA) is 129 Å². The Labute approximate surface area is 98.2 Å². The van der Waals surface area contributed by atoms with Gasteiger partial charge in [-0.1, -0.05) is 12.1 Å². The van der Waals surface area contributed by atoms with E-state index in [4.69, 9.17) is 9.11 Å². The van der Waals surface area contributed by atoms with Gasteiger partial charge in [0.25, 0.3) is 20.2 Å². The maximum absolute atomic E-state index is 10.7. The molecule has 0 fully saturated rings. The van der Waals surface area contributed by atoms with Gasteiger partial charge in [-0.15, -0.1) is 0 Å². The van der Waals surface area contributed by atoms with Crippen LogP contribution < -0.4 is 0 Å². The normalized spacial score (nSPS) is 12.6. The Balaban J connectivity index is 3.27. The van der Waals surface area contributed by atoms with Gasteiger partial charge >= 0.3 is 0 Å². The van der Waals surface area contributed by atoms with Gasteiger partial charge in [0, 0.05) is 5.56 Å². The third-order valence-corrected chi connectivity index (χ3v) is 3.24. The Bertz CT molecular complexity index is 615. The van der Waals surface area contributed by atoms with Crippen LogP contribution in [0.25, 0.3) is 0 Å². The van der Waals surface area contributed by atoms with Gasteiger partial charge in [0.2, 0.25) is 0 Å². The third kappa shape index (κ3) is 4.69. The molecule has 96 valence electrons. The van der Waals surface area contributed by atoms with E-state index in [-0.39, 0.29) is 11.1 Å². The molecule has 0 saturated carbocycles. The Morgan fingerprint density at radius 3 is 1.94 bits per heavy atom. The summed E-state index contributed by atoms with van der Waals surface area (Å²) in [5.41, 5.74) is -0.349. The van der Waals surface area contributed by atoms with Crippen molar-refractivity contribution >= 4 is 20.2 Å². The zero-order chi connectivity index (χ0) is 13.3. The Hall–Kier alpha value is -1.16. The smallest absolute Gasteiger partial charge is 0.269 e. The van der Waals surface area contributed by atoms with Gasteiger partial charge in [0.15, 0.2) is 0 Å². The fourth-order valence-corrected chi connectivity index (χ4v) is 2.66. The minimum absolute atomic E-state index is 0.0925. The highest BCUT2D eigenvalue weighted by molar-refractivity contribution is 7.85. The quantitative estimate of drug-likeness (QED) is 0.671. The molecule has 0 spiro atoms. The summed E-state index contributed by atoms with van der Waals surface area (Å²) < 4.78 is 60.1. The van der Waals surface area contributed by atoms with Crippen LogP contribution in [-0.2, 0) is 31.7 Å². The number of hydrogen-bond donors (Lipinski definition) is 3. The summed E-state index contributed by atoms with van der Waals surface area (Å²) in [4.78, 5) is 0. The first-order chi connectivity index (χ1) is 7.58. The van der Waals surface area contributed by atoms with Crippen LogP contribution in [0.3, 0.4) is 0 Å². The van der Waals surface area contributed by atoms with Crippen LogP contribution in [0.1, 0.15) is 11.1 Å². The molecule has 0 radical (unpaired) electrons. The third-order valence-electron chi connectivity index (χ3n) is 1.91. The van der Waals surface area contributed by atoms with Crippen molar-refractivity contribution in [2.45, 2.75) is 11.5 Å². The van der Waals surface area contributed by atoms with Crippen LogP contribution in [0.4, 0.5) is 0 Å². The summed E-state index contributed by atoms with van der Waals surface area (Å²) in [6.45, 7) is 0. The first kappa shape index (κ1) is 13.9. The van der Waals surface area contributed by atoms with Gasteiger partial charge in [-0.05, 0) is 11.6 Å². The summed E-state index contributed by atoms with van der Waals surface area (Å²) in [5.74, 6) is -2.24. The van der Waals surface area contributed by atoms with Gasteiger partial charge in [0.1, 0.15) is 17.3 Å². The molecular formula is C8H10O7S2. The molecule has 0 amide bonds. The van der Waals surface area contributed by atoms with Crippen molar-refractivity contribution in [2.24, 2.45) is 0 Å². The second-order valence-corrected chi connectivity index (χ2v) is 6.27. The zero-order valence-electron chi connectivity index (χ0n) is 8.44. The molecule has 17 heavy (non-hydrogen) atoms. The lowest BCUT2D eigenvalue weighted by Crippen LogP contribution is -2.08. The molecule has 1 aromatic rings. The molecule has 0 aliphatic carbocycles. The molecule has 0 atom stereocenters. The van der Waals surface area contributed by atoms with Gasteiger partial charge in [-0.3, -0.25) is 9.11 Å². The second kappa shape index (κ2) is 4.61. The number of phenolic OH excluding ortho intramolecular Hbond substituents is 1. The first-order valence-electron chi connectivity index (χ1n) is 4.28. The molecule has 0 saturated heterocycles. The molecule has 0 unspecified atom stereocenters.